The second kappa shape index (κ2) is 6.49. The number of nitrogens with zero attached hydrogens (tertiary/aromatic N) is 3. The first-order chi connectivity index (χ1) is 13.2. The van der Waals surface area contributed by atoms with Gasteiger partial charge in [-0.1, -0.05) is 38.1 Å². The van der Waals surface area contributed by atoms with Gasteiger partial charge in [-0.05, 0) is 41.3 Å². The third-order valence-corrected chi connectivity index (χ3v) is 6.11. The molecule has 0 aliphatic rings. The molecule has 0 amide bonds. The summed E-state index contributed by atoms with van der Waals surface area (Å²) in [6.45, 7) is 6.26. The van der Waals surface area contributed by atoms with Crippen LogP contribution in [0.5, 0.6) is 0 Å². The minimum Gasteiger partial charge on any atom is -0.352 e. The van der Waals surface area contributed by atoms with E-state index in [2.05, 4.69) is 36.2 Å². The summed E-state index contributed by atoms with van der Waals surface area (Å²) in [5, 5.41) is 6.99. The third kappa shape index (κ3) is 3.27. The molecule has 28 heavy (non-hydrogen) atoms. The third-order valence-electron chi connectivity index (χ3n) is 4.46. The molecule has 0 spiro atoms. The van der Waals surface area contributed by atoms with Crippen LogP contribution in [0.15, 0.2) is 70.5 Å². The van der Waals surface area contributed by atoms with E-state index in [0.29, 0.717) is 22.6 Å². The molecule has 3 aromatic heterocycles. The molecule has 0 aliphatic heterocycles. The average Bonchev–Trinajstić information content (AvgIpc) is 3.30. The van der Waals surface area contributed by atoms with Crippen LogP contribution in [0.25, 0.3) is 11.1 Å². The molecule has 4 rings (SSSR count). The molecule has 0 atom stereocenters. The van der Waals surface area contributed by atoms with Crippen molar-refractivity contribution in [1.29, 1.82) is 0 Å². The molecule has 1 N–H and O–H groups in total. The van der Waals surface area contributed by atoms with E-state index in [9.17, 15) is 8.42 Å². The van der Waals surface area contributed by atoms with E-state index in [1.54, 1.807) is 36.5 Å². The predicted molar refractivity (Wildman–Crippen MR) is 107 cm³/mol. The Kier molecular flexibility index (Phi) is 4.23. The van der Waals surface area contributed by atoms with Crippen LogP contribution in [0.2, 0.25) is 0 Å². The van der Waals surface area contributed by atoms with Gasteiger partial charge in [0.2, 0.25) is 5.82 Å². The van der Waals surface area contributed by atoms with Crippen LogP contribution in [0.4, 0.5) is 11.5 Å². The van der Waals surface area contributed by atoms with Crippen LogP contribution in [0.1, 0.15) is 26.3 Å². The average molecular weight is 396 g/mol. The molecular formula is C20H20N4O3S. The quantitative estimate of drug-likeness (QED) is 0.553. The van der Waals surface area contributed by atoms with E-state index in [1.807, 2.05) is 12.1 Å². The zero-order valence-electron chi connectivity index (χ0n) is 15.7. The lowest BCUT2D eigenvalue weighted by atomic mass is 9.87. The van der Waals surface area contributed by atoms with Gasteiger partial charge in [0.15, 0.2) is 11.1 Å². The fourth-order valence-electron chi connectivity index (χ4n) is 2.85. The van der Waals surface area contributed by atoms with Gasteiger partial charge in [0, 0.05) is 18.6 Å². The summed E-state index contributed by atoms with van der Waals surface area (Å²) in [4.78, 5) is 4.46. The maximum atomic E-state index is 12.9. The number of nitrogens with one attached hydrogen (secondary N) is 1. The van der Waals surface area contributed by atoms with Crippen LogP contribution >= 0.6 is 0 Å². The first-order valence-electron chi connectivity index (χ1n) is 8.77. The van der Waals surface area contributed by atoms with Gasteiger partial charge in [-0.3, -0.25) is 0 Å². The van der Waals surface area contributed by atoms with E-state index in [4.69, 9.17) is 4.52 Å². The van der Waals surface area contributed by atoms with Crippen molar-refractivity contribution in [2.75, 3.05) is 5.32 Å². The van der Waals surface area contributed by atoms with Crippen LogP contribution in [0.3, 0.4) is 0 Å². The number of hydrogen-bond donors (Lipinski definition) is 1. The monoisotopic (exact) mass is 396 g/mol. The molecule has 144 valence electrons. The maximum absolute atomic E-state index is 12.9. The Labute approximate surface area is 163 Å². The normalized spacial score (nSPS) is 12.4. The number of fused-ring (bicyclic) bond motifs is 1. The summed E-state index contributed by atoms with van der Waals surface area (Å²) >= 11 is 0. The van der Waals surface area contributed by atoms with Crippen molar-refractivity contribution in [3.63, 3.8) is 0 Å². The predicted octanol–water partition coefficient (Wildman–Crippen LogP) is 4.30. The van der Waals surface area contributed by atoms with Gasteiger partial charge in [0.1, 0.15) is 0 Å². The second-order valence-electron chi connectivity index (χ2n) is 7.52. The molecule has 0 bridgehead atoms. The highest BCUT2D eigenvalue weighted by Gasteiger charge is 2.20. The minimum atomic E-state index is -3.68. The van der Waals surface area contributed by atoms with Crippen LogP contribution < -0.4 is 5.32 Å². The molecule has 7 nitrogen and oxygen atoms in total. The van der Waals surface area contributed by atoms with Gasteiger partial charge in [-0.2, -0.15) is 0 Å². The van der Waals surface area contributed by atoms with Crippen LogP contribution in [-0.2, 0) is 15.4 Å². The van der Waals surface area contributed by atoms with Crippen molar-refractivity contribution in [1.82, 2.24) is 14.1 Å². The topological polar surface area (TPSA) is 90.0 Å². The van der Waals surface area contributed by atoms with Gasteiger partial charge < -0.3 is 9.84 Å². The summed E-state index contributed by atoms with van der Waals surface area (Å²) in [5.74, 6) is 0.431. The van der Waals surface area contributed by atoms with E-state index in [1.165, 1.54) is 16.4 Å². The van der Waals surface area contributed by atoms with Gasteiger partial charge in [0.05, 0.1) is 10.6 Å². The van der Waals surface area contributed by atoms with Crippen molar-refractivity contribution in [3.05, 3.63) is 66.6 Å². The summed E-state index contributed by atoms with van der Waals surface area (Å²) in [6.07, 6.45) is 4.63. The Morgan fingerprint density at radius 2 is 1.82 bits per heavy atom. The van der Waals surface area contributed by atoms with Crippen LogP contribution in [-0.4, -0.2) is 22.5 Å². The molecule has 1 aromatic carbocycles. The Morgan fingerprint density at radius 3 is 2.54 bits per heavy atom. The van der Waals surface area contributed by atoms with Gasteiger partial charge in [-0.15, -0.1) is 0 Å². The molecule has 0 fully saturated rings. The molecule has 0 unspecified atom stereocenters. The van der Waals surface area contributed by atoms with Crippen molar-refractivity contribution in [2.24, 2.45) is 0 Å². The molecule has 4 aromatic rings. The highest BCUT2D eigenvalue weighted by Crippen LogP contribution is 2.26. The fourth-order valence-corrected chi connectivity index (χ4v) is 4.04. The number of benzene rings is 1. The zero-order chi connectivity index (χ0) is 19.9. The number of rotatable bonds is 4. The second-order valence-corrected chi connectivity index (χ2v) is 9.36. The maximum Gasteiger partial charge on any atom is 0.267 e. The number of hydrogen-bond acceptors (Lipinski definition) is 6. The van der Waals surface area contributed by atoms with E-state index in [0.717, 1.165) is 5.56 Å². The first kappa shape index (κ1) is 18.2. The number of anilines is 2. The first-order valence-corrected chi connectivity index (χ1v) is 10.2. The lowest BCUT2D eigenvalue weighted by molar-refractivity contribution is 0.460. The lowest BCUT2D eigenvalue weighted by Gasteiger charge is -2.19. The summed E-state index contributed by atoms with van der Waals surface area (Å²) < 4.78 is 32.2. The summed E-state index contributed by atoms with van der Waals surface area (Å²) in [7, 11) is -3.68. The van der Waals surface area contributed by atoms with E-state index >= 15 is 0 Å². The zero-order valence-corrected chi connectivity index (χ0v) is 16.6. The number of pyridine rings is 1. The van der Waals surface area contributed by atoms with Crippen molar-refractivity contribution in [3.8, 4) is 0 Å². The summed E-state index contributed by atoms with van der Waals surface area (Å²) in [5.41, 5.74) is 2.73. The highest BCUT2D eigenvalue weighted by atomic mass is 32.2. The molecule has 8 heteroatoms. The molecule has 0 saturated heterocycles. The molecule has 0 saturated carbocycles. The van der Waals surface area contributed by atoms with Crippen LogP contribution in [0, 0.1) is 0 Å². The molecule has 3 heterocycles. The van der Waals surface area contributed by atoms with E-state index < -0.39 is 10.0 Å². The molecule has 0 aliphatic carbocycles. The van der Waals surface area contributed by atoms with Gasteiger partial charge in [0.25, 0.3) is 10.0 Å². The minimum absolute atomic E-state index is 0.0404. The standard InChI is InChI=1S/C20H20N4O3S/c1-20(2,3)14-6-8-16(9-7-14)28(25,26)24-12-10-15(13-24)22-19-18-17(27-23-19)5-4-11-21-18/h4-13H,1-3H3,(H,22,23). The Balaban J connectivity index is 1.61. The smallest absolute Gasteiger partial charge is 0.267 e. The van der Waals surface area contributed by atoms with Crippen molar-refractivity contribution < 1.29 is 12.9 Å². The van der Waals surface area contributed by atoms with E-state index in [-0.39, 0.29) is 10.3 Å². The highest BCUT2D eigenvalue weighted by molar-refractivity contribution is 7.90. The van der Waals surface area contributed by atoms with Gasteiger partial charge >= 0.3 is 0 Å². The van der Waals surface area contributed by atoms with Gasteiger partial charge in [-0.25, -0.2) is 17.4 Å². The van der Waals surface area contributed by atoms with Crippen molar-refractivity contribution >= 4 is 32.6 Å². The fraction of sp³-hybridized carbons (Fsp3) is 0.200. The largest absolute Gasteiger partial charge is 0.352 e. The lowest BCUT2D eigenvalue weighted by Crippen LogP contribution is -2.13. The molecular weight excluding hydrogens is 376 g/mol. The number of aromatic nitrogens is 3. The molecule has 0 radical (unpaired) electrons. The summed E-state index contributed by atoms with van der Waals surface area (Å²) in [6, 6.07) is 12.1. The Bertz CT molecular complexity index is 1230. The van der Waals surface area contributed by atoms with Crippen molar-refractivity contribution in [2.45, 2.75) is 31.1 Å². The Hall–Kier alpha value is -3.13. The Morgan fingerprint density at radius 1 is 1.07 bits per heavy atom. The SMILES string of the molecule is CC(C)(C)c1ccc(S(=O)(=O)n2ccc(Nc3noc4cccnc34)c2)cc1.